The van der Waals surface area contributed by atoms with E-state index in [1.54, 1.807) is 11.8 Å². The van der Waals surface area contributed by atoms with Crippen LogP contribution in [0, 0.1) is 5.92 Å². The summed E-state index contributed by atoms with van der Waals surface area (Å²) in [7, 11) is 0. The largest absolute Gasteiger partial charge is 0.490 e. The summed E-state index contributed by atoms with van der Waals surface area (Å²) < 4.78 is 13.6. The quantitative estimate of drug-likeness (QED) is 0.734. The van der Waals surface area contributed by atoms with Gasteiger partial charge in [-0.05, 0) is 36.5 Å². The van der Waals surface area contributed by atoms with Crippen LogP contribution in [0.3, 0.4) is 0 Å². The Morgan fingerprint density at radius 1 is 1.23 bits per heavy atom. The number of hydrogen-bond donors (Lipinski definition) is 1. The Hall–Kier alpha value is -2.48. The molecule has 2 atom stereocenters. The maximum atomic E-state index is 13.1. The van der Waals surface area contributed by atoms with Gasteiger partial charge < -0.3 is 14.8 Å². The van der Waals surface area contributed by atoms with Crippen molar-refractivity contribution < 1.29 is 14.3 Å². The average molecular weight is 427 g/mol. The number of aromatic nitrogens is 3. The van der Waals surface area contributed by atoms with Crippen molar-refractivity contribution in [2.45, 2.75) is 50.7 Å². The van der Waals surface area contributed by atoms with E-state index in [4.69, 9.17) is 19.6 Å². The fourth-order valence-electron chi connectivity index (χ4n) is 4.30. The maximum Gasteiger partial charge on any atom is 0.227 e. The van der Waals surface area contributed by atoms with Crippen LogP contribution in [-0.2, 0) is 4.79 Å². The number of carbonyl (C=O) groups is 1. The fraction of sp³-hybridized carbons (Fsp3) is 0.500. The molecule has 3 aliphatic rings. The molecule has 0 amide bonds. The Labute approximate surface area is 180 Å². The molecular weight excluding hydrogens is 400 g/mol. The predicted molar refractivity (Wildman–Crippen MR) is 115 cm³/mol. The van der Waals surface area contributed by atoms with Gasteiger partial charge in [-0.3, -0.25) is 4.79 Å². The molecule has 0 spiro atoms. The number of benzene rings is 1. The summed E-state index contributed by atoms with van der Waals surface area (Å²) >= 11 is 1.64. The van der Waals surface area contributed by atoms with Gasteiger partial charge in [0.25, 0.3) is 0 Å². The van der Waals surface area contributed by atoms with Crippen molar-refractivity contribution in [2.75, 3.05) is 24.3 Å². The van der Waals surface area contributed by atoms with E-state index in [0.29, 0.717) is 31.5 Å². The third-order valence-corrected chi connectivity index (χ3v) is 6.67. The molecule has 5 rings (SSSR count). The first-order valence-corrected chi connectivity index (χ1v) is 11.6. The molecule has 1 aromatic carbocycles. The molecule has 0 saturated heterocycles. The van der Waals surface area contributed by atoms with Crippen molar-refractivity contribution in [3.05, 3.63) is 35.0 Å². The number of nitrogens with zero attached hydrogens (tertiary/aromatic N) is 3. The molecule has 2 aromatic rings. The van der Waals surface area contributed by atoms with Crippen molar-refractivity contribution >= 4 is 23.5 Å². The van der Waals surface area contributed by atoms with Crippen LogP contribution in [0.4, 0.5) is 5.95 Å². The SMILES string of the molecule is CCCSc1nc2n(n1)C(c1ccc3c(c1)OCCCO3)C1=C(CC(C)CC1=O)N2. The van der Waals surface area contributed by atoms with Crippen molar-refractivity contribution in [1.29, 1.82) is 0 Å². The lowest BCUT2D eigenvalue weighted by molar-refractivity contribution is -0.117. The van der Waals surface area contributed by atoms with Gasteiger partial charge in [-0.25, -0.2) is 4.68 Å². The Morgan fingerprint density at radius 2 is 2.07 bits per heavy atom. The number of Topliss-reactive ketones (excluding diaryl/α,β-unsaturated/α-hetero) is 1. The zero-order valence-corrected chi connectivity index (χ0v) is 18.1. The number of allylic oxidation sites excluding steroid dienone is 2. The number of carbonyl (C=O) groups excluding carboxylic acids is 1. The first-order chi connectivity index (χ1) is 14.6. The molecule has 7 nitrogen and oxygen atoms in total. The Balaban J connectivity index is 1.61. The highest BCUT2D eigenvalue weighted by Crippen LogP contribution is 2.43. The lowest BCUT2D eigenvalue weighted by Gasteiger charge is -2.34. The van der Waals surface area contributed by atoms with Crippen LogP contribution in [0.5, 0.6) is 11.5 Å². The molecule has 30 heavy (non-hydrogen) atoms. The first kappa shape index (κ1) is 19.5. The molecule has 2 unspecified atom stereocenters. The van der Waals surface area contributed by atoms with Gasteiger partial charge in [0.05, 0.1) is 13.2 Å². The number of thioether (sulfide) groups is 1. The smallest absolute Gasteiger partial charge is 0.227 e. The van der Waals surface area contributed by atoms with Gasteiger partial charge in [0.1, 0.15) is 6.04 Å². The maximum absolute atomic E-state index is 13.1. The first-order valence-electron chi connectivity index (χ1n) is 10.7. The zero-order chi connectivity index (χ0) is 20.7. The number of nitrogens with one attached hydrogen (secondary N) is 1. The van der Waals surface area contributed by atoms with Crippen molar-refractivity contribution in [3.8, 4) is 11.5 Å². The molecule has 3 heterocycles. The molecule has 8 heteroatoms. The predicted octanol–water partition coefficient (Wildman–Crippen LogP) is 4.21. The molecule has 158 valence electrons. The highest BCUT2D eigenvalue weighted by Gasteiger charge is 2.39. The second-order valence-electron chi connectivity index (χ2n) is 8.12. The minimum absolute atomic E-state index is 0.178. The van der Waals surface area contributed by atoms with E-state index >= 15 is 0 Å². The van der Waals surface area contributed by atoms with Crippen LogP contribution in [0.15, 0.2) is 34.6 Å². The Bertz CT molecular complexity index is 1020. The topological polar surface area (TPSA) is 78.3 Å². The number of hydrogen-bond acceptors (Lipinski definition) is 7. The van der Waals surface area contributed by atoms with Gasteiger partial charge in [-0.2, -0.15) is 4.98 Å². The number of ether oxygens (including phenoxy) is 2. The van der Waals surface area contributed by atoms with E-state index in [2.05, 4.69) is 19.2 Å². The molecular formula is C22H26N4O3S. The van der Waals surface area contributed by atoms with Crippen molar-refractivity contribution in [2.24, 2.45) is 5.92 Å². The lowest BCUT2D eigenvalue weighted by Crippen LogP contribution is -2.33. The lowest BCUT2D eigenvalue weighted by atomic mass is 9.81. The monoisotopic (exact) mass is 426 g/mol. The van der Waals surface area contributed by atoms with Crippen LogP contribution < -0.4 is 14.8 Å². The van der Waals surface area contributed by atoms with E-state index in [9.17, 15) is 4.79 Å². The second kappa shape index (κ2) is 7.98. The summed E-state index contributed by atoms with van der Waals surface area (Å²) in [6.45, 7) is 5.53. The normalized spacial score (nSPS) is 22.8. The molecule has 1 N–H and O–H groups in total. The molecule has 1 aromatic heterocycles. The average Bonchev–Trinajstić information content (AvgIpc) is 2.98. The van der Waals surface area contributed by atoms with Gasteiger partial charge >= 0.3 is 0 Å². The van der Waals surface area contributed by atoms with Gasteiger partial charge in [0.2, 0.25) is 11.1 Å². The van der Waals surface area contributed by atoms with Gasteiger partial charge in [0, 0.05) is 29.9 Å². The van der Waals surface area contributed by atoms with Crippen LogP contribution in [0.2, 0.25) is 0 Å². The summed E-state index contributed by atoms with van der Waals surface area (Å²) in [5, 5.41) is 8.91. The minimum atomic E-state index is -0.308. The standard InChI is InChI=1S/C22H26N4O3S/c1-3-9-30-22-24-21-23-15-10-13(2)11-16(27)19(15)20(26(21)25-22)14-5-6-17-18(12-14)29-8-4-7-28-17/h5-6,12-13,20H,3-4,7-11H2,1-2H3,(H,23,24,25). The number of rotatable bonds is 4. The zero-order valence-electron chi connectivity index (χ0n) is 17.3. The summed E-state index contributed by atoms with van der Waals surface area (Å²) in [6.07, 6.45) is 3.31. The number of anilines is 1. The third-order valence-electron chi connectivity index (χ3n) is 5.63. The van der Waals surface area contributed by atoms with E-state index in [1.807, 2.05) is 22.9 Å². The van der Waals surface area contributed by atoms with Crippen LogP contribution in [0.1, 0.15) is 51.1 Å². The van der Waals surface area contributed by atoms with E-state index < -0.39 is 0 Å². The highest BCUT2D eigenvalue weighted by molar-refractivity contribution is 7.99. The van der Waals surface area contributed by atoms with Crippen LogP contribution in [-0.4, -0.2) is 39.5 Å². The number of fused-ring (bicyclic) bond motifs is 2. The van der Waals surface area contributed by atoms with E-state index in [1.165, 1.54) is 0 Å². The van der Waals surface area contributed by atoms with Crippen LogP contribution in [0.25, 0.3) is 0 Å². The molecule has 0 saturated carbocycles. The van der Waals surface area contributed by atoms with Crippen molar-refractivity contribution in [3.63, 3.8) is 0 Å². The minimum Gasteiger partial charge on any atom is -0.490 e. The Kier molecular flexibility index (Phi) is 5.18. The van der Waals surface area contributed by atoms with Gasteiger partial charge in [0.15, 0.2) is 17.3 Å². The van der Waals surface area contributed by atoms with E-state index in [-0.39, 0.29) is 11.8 Å². The van der Waals surface area contributed by atoms with Gasteiger partial charge in [-0.1, -0.05) is 31.7 Å². The summed E-state index contributed by atoms with van der Waals surface area (Å²) in [6, 6.07) is 5.65. The molecule has 1 aliphatic carbocycles. The van der Waals surface area contributed by atoms with E-state index in [0.717, 1.165) is 58.5 Å². The van der Waals surface area contributed by atoms with Crippen LogP contribution >= 0.6 is 11.8 Å². The molecule has 2 aliphatic heterocycles. The molecule has 0 radical (unpaired) electrons. The third kappa shape index (κ3) is 3.47. The van der Waals surface area contributed by atoms with Crippen molar-refractivity contribution in [1.82, 2.24) is 14.8 Å². The molecule has 0 fully saturated rings. The second-order valence-corrected chi connectivity index (χ2v) is 9.19. The number of ketones is 1. The van der Waals surface area contributed by atoms with Gasteiger partial charge in [-0.15, -0.1) is 5.10 Å². The highest BCUT2D eigenvalue weighted by atomic mass is 32.2. The summed E-state index contributed by atoms with van der Waals surface area (Å²) in [5.41, 5.74) is 2.74. The fourth-order valence-corrected chi connectivity index (χ4v) is 4.98. The Morgan fingerprint density at radius 3 is 2.90 bits per heavy atom. The molecule has 0 bridgehead atoms. The summed E-state index contributed by atoms with van der Waals surface area (Å²) in [4.78, 5) is 17.8. The summed E-state index contributed by atoms with van der Waals surface area (Å²) in [5.74, 6) is 3.63.